The van der Waals surface area contributed by atoms with Crippen LogP contribution in [0.3, 0.4) is 0 Å². The summed E-state index contributed by atoms with van der Waals surface area (Å²) in [6.07, 6.45) is 2.60. The first-order chi connectivity index (χ1) is 17.2. The minimum atomic E-state index is -4.80. The molecule has 0 radical (unpaired) electrons. The van der Waals surface area contributed by atoms with Crippen LogP contribution in [0.2, 0.25) is 0 Å². The lowest BCUT2D eigenvalue weighted by molar-refractivity contribution is -0.274. The molecule has 0 aromatic carbocycles. The van der Waals surface area contributed by atoms with E-state index < -0.39 is 6.36 Å². The Morgan fingerprint density at radius 3 is 2.72 bits per heavy atom. The predicted molar refractivity (Wildman–Crippen MR) is 126 cm³/mol. The number of pyridine rings is 2. The normalized spacial score (nSPS) is 18.6. The van der Waals surface area contributed by atoms with E-state index in [0.717, 1.165) is 44.5 Å². The van der Waals surface area contributed by atoms with Crippen LogP contribution >= 0.6 is 0 Å². The topological polar surface area (TPSA) is 105 Å². The molecule has 4 heterocycles. The van der Waals surface area contributed by atoms with Gasteiger partial charge in [-0.1, -0.05) is 0 Å². The third-order valence-electron chi connectivity index (χ3n) is 6.34. The van der Waals surface area contributed by atoms with Crippen LogP contribution in [-0.2, 0) is 4.79 Å². The van der Waals surface area contributed by atoms with Gasteiger partial charge in [0.05, 0.1) is 0 Å². The average Bonchev–Trinajstić information content (AvgIpc) is 3.21. The number of anilines is 3. The quantitative estimate of drug-likeness (QED) is 0.523. The summed E-state index contributed by atoms with van der Waals surface area (Å²) in [5.41, 5.74) is 0.830. The summed E-state index contributed by atoms with van der Waals surface area (Å²) in [6, 6.07) is 7.82. The monoisotopic (exact) mass is 499 g/mol. The Morgan fingerprint density at radius 2 is 2.00 bits per heavy atom. The van der Waals surface area contributed by atoms with Gasteiger partial charge < -0.3 is 20.3 Å². The number of aromatic nitrogens is 4. The summed E-state index contributed by atoms with van der Waals surface area (Å²) in [5.74, 6) is 1.23. The van der Waals surface area contributed by atoms with Crippen molar-refractivity contribution in [2.75, 3.05) is 23.3 Å². The molecule has 1 amide bonds. The fourth-order valence-corrected chi connectivity index (χ4v) is 4.92. The van der Waals surface area contributed by atoms with Crippen molar-refractivity contribution in [2.24, 2.45) is 5.41 Å². The summed E-state index contributed by atoms with van der Waals surface area (Å²) in [7, 11) is 0. The third kappa shape index (κ3) is 5.47. The van der Waals surface area contributed by atoms with Gasteiger partial charge in [0.25, 0.3) is 0 Å². The van der Waals surface area contributed by atoms with Gasteiger partial charge in [0.15, 0.2) is 5.82 Å². The molecule has 1 saturated carbocycles. The van der Waals surface area contributed by atoms with Crippen LogP contribution in [0.15, 0.2) is 48.9 Å². The molecule has 36 heavy (non-hydrogen) atoms. The van der Waals surface area contributed by atoms with E-state index in [4.69, 9.17) is 4.98 Å². The summed E-state index contributed by atoms with van der Waals surface area (Å²) < 4.78 is 41.9. The standard InChI is InChI=1S/C24H24F3N7O2/c1-15(35)30-17-4-6-23(11-17)13-34(14-23)21-10-20(32-22(33-21)16-3-2-7-28-12-16)31-19-9-18(5-8-29-19)36-24(25,26)27/h2-3,5,7-10,12,17H,4,6,11,13-14H2,1H3,(H,30,35)(H,29,31,32,33). The smallest absolute Gasteiger partial charge is 0.406 e. The maximum Gasteiger partial charge on any atom is 0.573 e. The Kier molecular flexibility index (Phi) is 6.10. The number of alkyl halides is 3. The van der Waals surface area contributed by atoms with Crippen LogP contribution in [-0.4, -0.2) is 51.3 Å². The molecule has 5 rings (SSSR count). The van der Waals surface area contributed by atoms with E-state index in [9.17, 15) is 18.0 Å². The van der Waals surface area contributed by atoms with Gasteiger partial charge in [-0.3, -0.25) is 9.78 Å². The molecule has 2 fully saturated rings. The van der Waals surface area contributed by atoms with Crippen molar-refractivity contribution >= 4 is 23.4 Å². The van der Waals surface area contributed by atoms with Crippen molar-refractivity contribution in [2.45, 2.75) is 38.6 Å². The first-order valence-corrected chi connectivity index (χ1v) is 11.5. The fourth-order valence-electron chi connectivity index (χ4n) is 4.92. The van der Waals surface area contributed by atoms with Crippen molar-refractivity contribution in [3.8, 4) is 17.1 Å². The van der Waals surface area contributed by atoms with E-state index in [1.807, 2.05) is 6.07 Å². The van der Waals surface area contributed by atoms with Gasteiger partial charge in [-0.05, 0) is 37.5 Å². The van der Waals surface area contributed by atoms with E-state index in [1.54, 1.807) is 24.5 Å². The van der Waals surface area contributed by atoms with Crippen LogP contribution in [0, 0.1) is 5.41 Å². The summed E-state index contributed by atoms with van der Waals surface area (Å²) in [6.45, 7) is 3.12. The van der Waals surface area contributed by atoms with E-state index in [-0.39, 0.29) is 28.9 Å². The van der Waals surface area contributed by atoms with Crippen LogP contribution < -0.4 is 20.3 Å². The molecule has 3 aromatic heterocycles. The van der Waals surface area contributed by atoms with E-state index in [1.165, 1.54) is 13.1 Å². The molecule has 2 aliphatic rings. The zero-order valence-corrected chi connectivity index (χ0v) is 19.4. The molecule has 1 aliphatic carbocycles. The van der Waals surface area contributed by atoms with E-state index >= 15 is 0 Å². The predicted octanol–water partition coefficient (Wildman–Crippen LogP) is 4.07. The number of ether oxygens (including phenoxy) is 1. The van der Waals surface area contributed by atoms with Crippen molar-refractivity contribution in [3.05, 3.63) is 48.9 Å². The summed E-state index contributed by atoms with van der Waals surface area (Å²) in [5, 5.41) is 5.99. The van der Waals surface area contributed by atoms with Gasteiger partial charge in [-0.2, -0.15) is 0 Å². The van der Waals surface area contributed by atoms with Gasteiger partial charge in [-0.25, -0.2) is 15.0 Å². The summed E-state index contributed by atoms with van der Waals surface area (Å²) >= 11 is 0. The molecular formula is C24H24F3N7O2. The average molecular weight is 499 g/mol. The lowest BCUT2D eigenvalue weighted by Crippen LogP contribution is -2.56. The molecule has 1 aliphatic heterocycles. The van der Waals surface area contributed by atoms with Crippen molar-refractivity contribution in [1.29, 1.82) is 0 Å². The number of hydrogen-bond donors (Lipinski definition) is 2. The number of nitrogens with one attached hydrogen (secondary N) is 2. The van der Waals surface area contributed by atoms with Gasteiger partial charge >= 0.3 is 6.36 Å². The number of carbonyl (C=O) groups is 1. The molecule has 1 saturated heterocycles. The number of halogens is 3. The molecule has 0 bridgehead atoms. The number of hydrogen-bond acceptors (Lipinski definition) is 8. The number of rotatable bonds is 6. The second-order valence-electron chi connectivity index (χ2n) is 9.22. The summed E-state index contributed by atoms with van der Waals surface area (Å²) in [4.78, 5) is 31.1. The molecular weight excluding hydrogens is 475 g/mol. The molecule has 2 N–H and O–H groups in total. The van der Waals surface area contributed by atoms with E-state index in [2.05, 4.69) is 35.2 Å². The highest BCUT2D eigenvalue weighted by atomic mass is 19.4. The van der Waals surface area contributed by atoms with E-state index in [0.29, 0.717) is 23.0 Å². The molecule has 12 heteroatoms. The van der Waals surface area contributed by atoms with Crippen LogP contribution in [0.5, 0.6) is 5.75 Å². The number of amides is 1. The van der Waals surface area contributed by atoms with Crippen LogP contribution in [0.4, 0.5) is 30.6 Å². The lowest BCUT2D eigenvalue weighted by Gasteiger charge is -2.49. The zero-order chi connectivity index (χ0) is 25.3. The number of carbonyl (C=O) groups excluding carboxylic acids is 1. The molecule has 1 spiro atoms. The second kappa shape index (κ2) is 9.25. The Hall–Kier alpha value is -3.96. The highest BCUT2D eigenvalue weighted by Crippen LogP contribution is 2.47. The van der Waals surface area contributed by atoms with Gasteiger partial charge in [0, 0.05) is 67.8 Å². The Morgan fingerprint density at radius 1 is 1.17 bits per heavy atom. The highest BCUT2D eigenvalue weighted by Gasteiger charge is 2.48. The zero-order valence-electron chi connectivity index (χ0n) is 19.4. The third-order valence-corrected chi connectivity index (χ3v) is 6.34. The van der Waals surface area contributed by atoms with Crippen LogP contribution in [0.1, 0.15) is 26.2 Å². The fraction of sp³-hybridized carbons (Fsp3) is 0.375. The maximum atomic E-state index is 12.6. The maximum absolute atomic E-state index is 12.6. The molecule has 9 nitrogen and oxygen atoms in total. The molecule has 188 valence electrons. The SMILES string of the molecule is CC(=O)NC1CCC2(C1)CN(c1cc(Nc3cc(OC(F)(F)F)ccn3)nc(-c3cccnc3)n1)C2. The van der Waals surface area contributed by atoms with Crippen molar-refractivity contribution in [3.63, 3.8) is 0 Å². The van der Waals surface area contributed by atoms with Gasteiger partial charge in [-0.15, -0.1) is 13.2 Å². The van der Waals surface area contributed by atoms with Crippen LogP contribution in [0.25, 0.3) is 11.4 Å². The Labute approximate surface area is 205 Å². The molecule has 1 unspecified atom stereocenters. The molecule has 1 atom stereocenters. The first kappa shape index (κ1) is 23.8. The lowest BCUT2D eigenvalue weighted by atomic mass is 9.78. The van der Waals surface area contributed by atoms with Crippen molar-refractivity contribution in [1.82, 2.24) is 25.3 Å². The highest BCUT2D eigenvalue weighted by molar-refractivity contribution is 5.73. The minimum absolute atomic E-state index is 0.0147. The Balaban J connectivity index is 1.38. The molecule has 3 aromatic rings. The van der Waals surface area contributed by atoms with Gasteiger partial charge in [0.1, 0.15) is 23.2 Å². The van der Waals surface area contributed by atoms with Gasteiger partial charge in [0.2, 0.25) is 5.91 Å². The Bertz CT molecular complexity index is 1250. The largest absolute Gasteiger partial charge is 0.573 e. The first-order valence-electron chi connectivity index (χ1n) is 11.5. The minimum Gasteiger partial charge on any atom is -0.406 e. The number of nitrogens with zero attached hydrogens (tertiary/aromatic N) is 5. The second-order valence-corrected chi connectivity index (χ2v) is 9.22. The van der Waals surface area contributed by atoms with Crippen molar-refractivity contribution < 1.29 is 22.7 Å².